The van der Waals surface area contributed by atoms with E-state index in [9.17, 15) is 17.6 Å². The van der Waals surface area contributed by atoms with Gasteiger partial charge in [-0.3, -0.25) is 14.1 Å². The molecule has 24 heavy (non-hydrogen) atoms. The van der Waals surface area contributed by atoms with Gasteiger partial charge in [-0.2, -0.15) is 5.10 Å². The zero-order chi connectivity index (χ0) is 18.2. The smallest absolute Gasteiger partial charge is 0.280 e. The summed E-state index contributed by atoms with van der Waals surface area (Å²) in [5.41, 5.74) is -1.04. The molecule has 1 N–H and O–H groups in total. The Morgan fingerprint density at radius 3 is 2.58 bits per heavy atom. The average Bonchev–Trinajstić information content (AvgIpc) is 2.52. The second-order valence-electron chi connectivity index (χ2n) is 4.94. The monoisotopic (exact) mass is 392 g/mol. The SMILES string of the molecule is CCS(=O)(=O)Nc1cc(-c2nn(C)c(=S)n(C)c2=O)c(F)cc1Cl. The van der Waals surface area contributed by atoms with Crippen LogP contribution in [0.25, 0.3) is 11.3 Å². The van der Waals surface area contributed by atoms with Gasteiger partial charge in [0, 0.05) is 19.7 Å². The van der Waals surface area contributed by atoms with Crippen LogP contribution in [0.5, 0.6) is 0 Å². The van der Waals surface area contributed by atoms with Gasteiger partial charge in [0.1, 0.15) is 5.82 Å². The summed E-state index contributed by atoms with van der Waals surface area (Å²) in [7, 11) is -0.674. The lowest BCUT2D eigenvalue weighted by atomic mass is 10.1. The Morgan fingerprint density at radius 2 is 2.00 bits per heavy atom. The minimum absolute atomic E-state index is 0.0381. The molecule has 2 aromatic rings. The molecule has 2 rings (SSSR count). The normalized spacial score (nSPS) is 11.5. The van der Waals surface area contributed by atoms with Crippen LogP contribution < -0.4 is 10.3 Å². The molecule has 0 saturated heterocycles. The molecule has 130 valence electrons. The number of anilines is 1. The molecule has 0 radical (unpaired) electrons. The minimum Gasteiger partial charge on any atom is -0.285 e. The first-order chi connectivity index (χ1) is 11.1. The van der Waals surface area contributed by atoms with Crippen molar-refractivity contribution in [3.8, 4) is 11.3 Å². The summed E-state index contributed by atoms with van der Waals surface area (Å²) in [6, 6.07) is 2.06. The van der Waals surface area contributed by atoms with E-state index in [0.717, 1.165) is 16.7 Å². The maximum atomic E-state index is 14.3. The number of sulfonamides is 1. The first-order valence-electron chi connectivity index (χ1n) is 6.71. The number of halogens is 2. The Morgan fingerprint density at radius 1 is 1.38 bits per heavy atom. The maximum absolute atomic E-state index is 14.3. The maximum Gasteiger partial charge on any atom is 0.280 e. The first kappa shape index (κ1) is 18.6. The van der Waals surface area contributed by atoms with Crippen molar-refractivity contribution in [3.63, 3.8) is 0 Å². The highest BCUT2D eigenvalue weighted by molar-refractivity contribution is 7.92. The van der Waals surface area contributed by atoms with Crippen LogP contribution in [0.1, 0.15) is 6.92 Å². The Hall–Kier alpha value is -1.78. The lowest BCUT2D eigenvalue weighted by Crippen LogP contribution is -2.26. The highest BCUT2D eigenvalue weighted by Gasteiger charge is 2.19. The number of nitrogens with one attached hydrogen (secondary N) is 1. The highest BCUT2D eigenvalue weighted by Crippen LogP contribution is 2.30. The zero-order valence-electron chi connectivity index (χ0n) is 13.0. The molecule has 0 saturated carbocycles. The molecule has 0 aliphatic rings. The van der Waals surface area contributed by atoms with Crippen LogP contribution in [-0.2, 0) is 24.1 Å². The third-order valence-electron chi connectivity index (χ3n) is 3.28. The molecule has 0 bridgehead atoms. The summed E-state index contributed by atoms with van der Waals surface area (Å²) < 4.78 is 42.5. The van der Waals surface area contributed by atoms with Gasteiger partial charge in [-0.15, -0.1) is 0 Å². The van der Waals surface area contributed by atoms with E-state index in [0.29, 0.717) is 0 Å². The predicted molar refractivity (Wildman–Crippen MR) is 92.8 cm³/mol. The molecule has 0 aliphatic carbocycles. The van der Waals surface area contributed by atoms with Crippen molar-refractivity contribution in [1.82, 2.24) is 14.3 Å². The number of rotatable bonds is 4. The molecule has 0 spiro atoms. The average molecular weight is 393 g/mol. The van der Waals surface area contributed by atoms with Crippen molar-refractivity contribution < 1.29 is 12.8 Å². The molecule has 7 nitrogen and oxygen atoms in total. The number of nitrogens with zero attached hydrogens (tertiary/aromatic N) is 3. The third kappa shape index (κ3) is 3.50. The second-order valence-corrected chi connectivity index (χ2v) is 7.72. The molecule has 1 heterocycles. The quantitative estimate of drug-likeness (QED) is 0.805. The molecule has 0 atom stereocenters. The number of aromatic nitrogens is 3. The van der Waals surface area contributed by atoms with Crippen LogP contribution in [0, 0.1) is 10.6 Å². The molecule has 0 amide bonds. The van der Waals surface area contributed by atoms with Crippen LogP contribution in [0.4, 0.5) is 10.1 Å². The van der Waals surface area contributed by atoms with E-state index in [1.165, 1.54) is 25.7 Å². The van der Waals surface area contributed by atoms with Gasteiger partial charge in [-0.1, -0.05) is 11.6 Å². The van der Waals surface area contributed by atoms with Gasteiger partial charge in [0.2, 0.25) is 10.0 Å². The predicted octanol–water partition coefficient (Wildman–Crippen LogP) is 2.07. The zero-order valence-corrected chi connectivity index (χ0v) is 15.4. The van der Waals surface area contributed by atoms with E-state index in [1.807, 2.05) is 0 Å². The van der Waals surface area contributed by atoms with Gasteiger partial charge >= 0.3 is 0 Å². The summed E-state index contributed by atoms with van der Waals surface area (Å²) in [6.07, 6.45) is 0. The van der Waals surface area contributed by atoms with Gasteiger partial charge in [0.15, 0.2) is 10.5 Å². The fourth-order valence-corrected chi connectivity index (χ4v) is 2.94. The number of aryl methyl sites for hydroxylation is 1. The number of benzene rings is 1. The Kier molecular flexibility index (Phi) is 5.11. The van der Waals surface area contributed by atoms with Gasteiger partial charge in [0.05, 0.1) is 16.5 Å². The summed E-state index contributed by atoms with van der Waals surface area (Å²) in [5.74, 6) is -0.989. The van der Waals surface area contributed by atoms with Crippen molar-refractivity contribution in [1.29, 1.82) is 0 Å². The Labute approximate surface area is 147 Å². The standard InChI is InChI=1S/C13H14ClFN4O3S2/c1-4-24(21,22)17-10-5-7(9(15)6-8(10)14)11-12(20)18(2)13(23)19(3)16-11/h5-6,17H,4H2,1-3H3. The van der Waals surface area contributed by atoms with Crippen LogP contribution in [0.3, 0.4) is 0 Å². The van der Waals surface area contributed by atoms with E-state index in [-0.39, 0.29) is 32.5 Å². The van der Waals surface area contributed by atoms with Crippen molar-refractivity contribution in [3.05, 3.63) is 38.1 Å². The van der Waals surface area contributed by atoms with Gasteiger partial charge in [-0.25, -0.2) is 17.5 Å². The fourth-order valence-electron chi connectivity index (χ4n) is 1.92. The van der Waals surface area contributed by atoms with E-state index >= 15 is 0 Å². The number of hydrogen-bond donors (Lipinski definition) is 1. The van der Waals surface area contributed by atoms with Crippen LogP contribution >= 0.6 is 23.8 Å². The summed E-state index contributed by atoms with van der Waals surface area (Å²) in [4.78, 5) is 12.3. The lowest BCUT2D eigenvalue weighted by molar-refractivity contribution is 0.602. The molecular formula is C13H14ClFN4O3S2. The number of hydrogen-bond acceptors (Lipinski definition) is 5. The largest absolute Gasteiger partial charge is 0.285 e. The van der Waals surface area contributed by atoms with E-state index in [4.69, 9.17) is 23.8 Å². The van der Waals surface area contributed by atoms with Crippen molar-refractivity contribution in [2.75, 3.05) is 10.5 Å². The van der Waals surface area contributed by atoms with E-state index in [2.05, 4.69) is 9.82 Å². The highest BCUT2D eigenvalue weighted by atomic mass is 35.5. The van der Waals surface area contributed by atoms with Crippen molar-refractivity contribution in [2.24, 2.45) is 14.1 Å². The third-order valence-corrected chi connectivity index (χ3v) is 5.42. The summed E-state index contributed by atoms with van der Waals surface area (Å²) in [5, 5.41) is 3.84. The molecule has 1 aromatic heterocycles. The Balaban J connectivity index is 2.73. The molecular weight excluding hydrogens is 379 g/mol. The molecule has 0 aliphatic heterocycles. The Bertz CT molecular complexity index is 1030. The molecule has 0 fully saturated rings. The fraction of sp³-hybridized carbons (Fsp3) is 0.308. The van der Waals surface area contributed by atoms with Crippen LogP contribution in [0.15, 0.2) is 16.9 Å². The topological polar surface area (TPSA) is 86.0 Å². The van der Waals surface area contributed by atoms with Crippen LogP contribution in [0.2, 0.25) is 5.02 Å². The molecule has 11 heteroatoms. The lowest BCUT2D eigenvalue weighted by Gasteiger charge is -2.12. The van der Waals surface area contributed by atoms with Crippen LogP contribution in [-0.4, -0.2) is 28.5 Å². The molecule has 0 unspecified atom stereocenters. The van der Waals surface area contributed by atoms with E-state index < -0.39 is 21.4 Å². The van der Waals surface area contributed by atoms with Gasteiger partial charge in [-0.05, 0) is 31.3 Å². The van der Waals surface area contributed by atoms with E-state index in [1.54, 1.807) is 0 Å². The van der Waals surface area contributed by atoms with Gasteiger partial charge < -0.3 is 0 Å². The summed E-state index contributed by atoms with van der Waals surface area (Å²) >= 11 is 10.9. The van der Waals surface area contributed by atoms with Gasteiger partial charge in [0.25, 0.3) is 5.56 Å². The molecule has 1 aromatic carbocycles. The minimum atomic E-state index is -3.62. The van der Waals surface area contributed by atoms with Crippen molar-refractivity contribution >= 4 is 39.5 Å². The first-order valence-corrected chi connectivity index (χ1v) is 9.15. The summed E-state index contributed by atoms with van der Waals surface area (Å²) in [6.45, 7) is 1.44. The second kappa shape index (κ2) is 6.61. The van der Waals surface area contributed by atoms with Crippen molar-refractivity contribution in [2.45, 2.75) is 6.92 Å².